The molecule has 1 unspecified atom stereocenters. The van der Waals surface area contributed by atoms with E-state index in [4.69, 9.17) is 0 Å². The number of hydrogen-bond acceptors (Lipinski definition) is 7. The molecular weight excluding hydrogens is 268 g/mol. The molecule has 18 heavy (non-hydrogen) atoms. The summed E-state index contributed by atoms with van der Waals surface area (Å²) in [6.45, 7) is 6.91. The molecule has 1 fully saturated rings. The lowest BCUT2D eigenvalue weighted by Gasteiger charge is -2.28. The van der Waals surface area contributed by atoms with Gasteiger partial charge in [-0.1, -0.05) is 18.7 Å². The summed E-state index contributed by atoms with van der Waals surface area (Å²) in [7, 11) is 0. The number of aliphatic hydroxyl groups is 1. The highest BCUT2D eigenvalue weighted by atomic mass is 32.2. The standard InChI is InChI=1S/C11H20N4OS2/c1-2-10-13-11(18-14-10)17-8-9(16)7-15-5-3-12-4-6-15/h9,12,16H,2-8H2,1H3. The van der Waals surface area contributed by atoms with E-state index in [2.05, 4.69) is 26.5 Å². The van der Waals surface area contributed by atoms with Crippen molar-refractivity contribution in [2.45, 2.75) is 23.8 Å². The Morgan fingerprint density at radius 1 is 1.50 bits per heavy atom. The Hall–Kier alpha value is -0.210. The van der Waals surface area contributed by atoms with Crippen molar-refractivity contribution in [1.82, 2.24) is 19.6 Å². The molecule has 0 radical (unpaired) electrons. The molecule has 2 heterocycles. The average molecular weight is 288 g/mol. The van der Waals surface area contributed by atoms with Crippen LogP contribution < -0.4 is 5.32 Å². The number of nitrogens with zero attached hydrogens (tertiary/aromatic N) is 3. The molecule has 1 saturated heterocycles. The molecule has 5 nitrogen and oxygen atoms in total. The molecule has 0 saturated carbocycles. The number of piperazine rings is 1. The zero-order valence-electron chi connectivity index (χ0n) is 10.6. The van der Waals surface area contributed by atoms with E-state index in [1.165, 1.54) is 11.5 Å². The molecule has 1 aliphatic heterocycles. The zero-order chi connectivity index (χ0) is 12.8. The van der Waals surface area contributed by atoms with Crippen LogP contribution in [0.4, 0.5) is 0 Å². The fourth-order valence-electron chi connectivity index (χ4n) is 1.85. The van der Waals surface area contributed by atoms with Crippen LogP contribution in [0.25, 0.3) is 0 Å². The normalized spacial score (nSPS) is 19.0. The van der Waals surface area contributed by atoms with Crippen molar-refractivity contribution in [3.63, 3.8) is 0 Å². The van der Waals surface area contributed by atoms with Crippen LogP contribution in [0.5, 0.6) is 0 Å². The molecule has 102 valence electrons. The first-order valence-corrected chi connectivity index (χ1v) is 8.10. The van der Waals surface area contributed by atoms with Gasteiger partial charge >= 0.3 is 0 Å². The predicted molar refractivity (Wildman–Crippen MR) is 75.3 cm³/mol. The number of aryl methyl sites for hydroxylation is 1. The number of hydrogen-bond donors (Lipinski definition) is 2. The summed E-state index contributed by atoms with van der Waals surface area (Å²) in [5, 5.41) is 13.3. The molecule has 0 bridgehead atoms. The maximum atomic E-state index is 10.0. The summed E-state index contributed by atoms with van der Waals surface area (Å²) in [4.78, 5) is 6.69. The Labute approximate surface area is 116 Å². The highest BCUT2D eigenvalue weighted by Gasteiger charge is 2.15. The molecule has 0 aromatic carbocycles. The van der Waals surface area contributed by atoms with E-state index in [1.807, 2.05) is 0 Å². The van der Waals surface area contributed by atoms with Crippen molar-refractivity contribution in [3.8, 4) is 0 Å². The summed E-state index contributed by atoms with van der Waals surface area (Å²) in [5.74, 6) is 1.60. The molecule has 0 amide bonds. The quantitative estimate of drug-likeness (QED) is 0.742. The SMILES string of the molecule is CCc1nsc(SCC(O)CN2CCNCC2)n1. The minimum atomic E-state index is -0.290. The lowest BCUT2D eigenvalue weighted by Crippen LogP contribution is -2.46. The predicted octanol–water partition coefficient (Wildman–Crippen LogP) is 0.459. The second kappa shape index (κ2) is 7.40. The van der Waals surface area contributed by atoms with E-state index in [1.54, 1.807) is 11.8 Å². The van der Waals surface area contributed by atoms with Gasteiger partial charge in [0.25, 0.3) is 0 Å². The molecule has 0 aliphatic carbocycles. The van der Waals surface area contributed by atoms with Crippen LogP contribution in [-0.2, 0) is 6.42 Å². The molecule has 1 aromatic heterocycles. The summed E-state index contributed by atoms with van der Waals surface area (Å²) >= 11 is 3.04. The van der Waals surface area contributed by atoms with E-state index in [-0.39, 0.29) is 6.10 Å². The summed E-state index contributed by atoms with van der Waals surface area (Å²) < 4.78 is 5.20. The first-order chi connectivity index (χ1) is 8.78. The molecule has 1 atom stereocenters. The number of rotatable bonds is 6. The maximum absolute atomic E-state index is 10.0. The monoisotopic (exact) mass is 288 g/mol. The highest BCUT2D eigenvalue weighted by molar-refractivity contribution is 8.00. The third-order valence-electron chi connectivity index (χ3n) is 2.84. The maximum Gasteiger partial charge on any atom is 0.170 e. The van der Waals surface area contributed by atoms with Crippen molar-refractivity contribution < 1.29 is 5.11 Å². The molecule has 1 aliphatic rings. The van der Waals surface area contributed by atoms with Gasteiger partial charge in [-0.15, -0.1) is 0 Å². The van der Waals surface area contributed by atoms with Gasteiger partial charge in [-0.05, 0) is 11.5 Å². The van der Waals surface area contributed by atoms with E-state index in [0.29, 0.717) is 5.75 Å². The minimum absolute atomic E-state index is 0.290. The molecular formula is C11H20N4OS2. The van der Waals surface area contributed by atoms with Crippen LogP contribution in [0.15, 0.2) is 4.34 Å². The third-order valence-corrected chi connectivity index (χ3v) is 4.86. The minimum Gasteiger partial charge on any atom is -0.391 e. The first-order valence-electron chi connectivity index (χ1n) is 6.34. The van der Waals surface area contributed by atoms with Gasteiger partial charge < -0.3 is 10.4 Å². The van der Waals surface area contributed by atoms with Gasteiger partial charge in [-0.25, -0.2) is 4.98 Å². The number of thioether (sulfide) groups is 1. The number of β-amino-alcohol motifs (C(OH)–C–C–N with tert-alkyl or cyclic N) is 1. The fraction of sp³-hybridized carbons (Fsp3) is 0.818. The van der Waals surface area contributed by atoms with Gasteiger partial charge in [-0.2, -0.15) is 4.37 Å². The third kappa shape index (κ3) is 4.47. The van der Waals surface area contributed by atoms with Crippen LogP contribution in [0.3, 0.4) is 0 Å². The Kier molecular flexibility index (Phi) is 5.84. The van der Waals surface area contributed by atoms with E-state index < -0.39 is 0 Å². The first kappa shape index (κ1) is 14.2. The Balaban J connectivity index is 1.68. The van der Waals surface area contributed by atoms with Gasteiger partial charge in [-0.3, -0.25) is 4.90 Å². The number of aliphatic hydroxyl groups excluding tert-OH is 1. The lowest BCUT2D eigenvalue weighted by molar-refractivity contribution is 0.121. The Bertz CT molecular complexity index is 355. The van der Waals surface area contributed by atoms with Crippen LogP contribution in [-0.4, -0.2) is 63.9 Å². The smallest absolute Gasteiger partial charge is 0.170 e. The molecule has 0 spiro atoms. The summed E-state index contributed by atoms with van der Waals surface area (Å²) in [5.41, 5.74) is 0. The summed E-state index contributed by atoms with van der Waals surface area (Å²) in [6.07, 6.45) is 0.586. The van der Waals surface area contributed by atoms with Crippen molar-refractivity contribution in [2.24, 2.45) is 0 Å². The molecule has 2 N–H and O–H groups in total. The number of nitrogens with one attached hydrogen (secondary N) is 1. The fourth-order valence-corrected chi connectivity index (χ4v) is 3.49. The van der Waals surface area contributed by atoms with E-state index in [0.717, 1.165) is 49.3 Å². The average Bonchev–Trinajstić information content (AvgIpc) is 2.85. The van der Waals surface area contributed by atoms with Crippen molar-refractivity contribution in [1.29, 1.82) is 0 Å². The Morgan fingerprint density at radius 2 is 2.28 bits per heavy atom. The number of aromatic nitrogens is 2. The van der Waals surface area contributed by atoms with Crippen LogP contribution in [0.1, 0.15) is 12.7 Å². The van der Waals surface area contributed by atoms with Crippen LogP contribution >= 0.6 is 23.3 Å². The van der Waals surface area contributed by atoms with E-state index >= 15 is 0 Å². The van der Waals surface area contributed by atoms with Gasteiger partial charge in [0.1, 0.15) is 5.82 Å². The lowest BCUT2D eigenvalue weighted by atomic mass is 10.3. The largest absolute Gasteiger partial charge is 0.391 e. The van der Waals surface area contributed by atoms with E-state index in [9.17, 15) is 5.11 Å². The molecule has 2 rings (SSSR count). The second-order valence-electron chi connectivity index (χ2n) is 4.35. The highest BCUT2D eigenvalue weighted by Crippen LogP contribution is 2.21. The summed E-state index contributed by atoms with van der Waals surface area (Å²) in [6, 6.07) is 0. The van der Waals surface area contributed by atoms with Gasteiger partial charge in [0.2, 0.25) is 0 Å². The molecule has 7 heteroatoms. The van der Waals surface area contributed by atoms with Crippen molar-refractivity contribution in [3.05, 3.63) is 5.82 Å². The zero-order valence-corrected chi connectivity index (χ0v) is 12.3. The van der Waals surface area contributed by atoms with Gasteiger partial charge in [0.05, 0.1) is 6.10 Å². The second-order valence-corrected chi connectivity index (χ2v) is 6.36. The molecule has 1 aromatic rings. The topological polar surface area (TPSA) is 61.3 Å². The van der Waals surface area contributed by atoms with Crippen molar-refractivity contribution in [2.75, 3.05) is 38.5 Å². The van der Waals surface area contributed by atoms with Crippen LogP contribution in [0, 0.1) is 0 Å². The Morgan fingerprint density at radius 3 is 2.94 bits per heavy atom. The van der Waals surface area contributed by atoms with Gasteiger partial charge in [0.15, 0.2) is 4.34 Å². The van der Waals surface area contributed by atoms with Crippen molar-refractivity contribution >= 4 is 23.3 Å². The van der Waals surface area contributed by atoms with Gasteiger partial charge in [0, 0.05) is 44.9 Å². The van der Waals surface area contributed by atoms with Crippen LogP contribution in [0.2, 0.25) is 0 Å².